The summed E-state index contributed by atoms with van der Waals surface area (Å²) in [6.45, 7) is 0.873. The molecule has 1 saturated heterocycles. The summed E-state index contributed by atoms with van der Waals surface area (Å²) < 4.78 is 58.9. The molecule has 2 aromatic heterocycles. The predicted octanol–water partition coefficient (Wildman–Crippen LogP) is 6.26. The number of hydrogen-bond acceptors (Lipinski definition) is 5. The molecule has 9 nitrogen and oxygen atoms in total. The van der Waals surface area contributed by atoms with Gasteiger partial charge in [0.2, 0.25) is 0 Å². The number of hydrogen-bond donors (Lipinski definition) is 3. The van der Waals surface area contributed by atoms with Crippen LogP contribution in [-0.2, 0) is 10.9 Å². The number of H-pyrrole nitrogens is 1. The fourth-order valence-corrected chi connectivity index (χ4v) is 4.25. The fraction of sp³-hybridized carbons (Fsp3) is 0.333. The van der Waals surface area contributed by atoms with Crippen LogP contribution in [0.2, 0.25) is 5.02 Å². The average molecular weight is 552 g/mol. The first kappa shape index (κ1) is 27.2. The molecule has 1 aliphatic heterocycles. The molecule has 3 aromatic rings. The Morgan fingerprint density at radius 3 is 2.74 bits per heavy atom. The van der Waals surface area contributed by atoms with E-state index in [1.807, 2.05) is 0 Å². The van der Waals surface area contributed by atoms with Gasteiger partial charge in [0.25, 0.3) is 5.91 Å². The number of nitrogens with zero attached hydrogens (tertiary/aromatic N) is 4. The number of amides is 1. The van der Waals surface area contributed by atoms with Crippen LogP contribution in [0, 0.1) is 5.82 Å². The van der Waals surface area contributed by atoms with E-state index in [1.165, 1.54) is 12.3 Å². The second-order valence-corrected chi connectivity index (χ2v) is 9.00. The normalized spacial score (nSPS) is 15.0. The summed E-state index contributed by atoms with van der Waals surface area (Å²) in [5, 5.41) is 9.53. The first-order valence-electron chi connectivity index (χ1n) is 11.5. The molecule has 200 valence electrons. The van der Waals surface area contributed by atoms with E-state index in [-0.39, 0.29) is 17.3 Å². The lowest BCUT2D eigenvalue weighted by Gasteiger charge is -2.23. The molecule has 3 heterocycles. The van der Waals surface area contributed by atoms with Gasteiger partial charge in [-0.3, -0.25) is 4.79 Å². The Morgan fingerprint density at radius 2 is 2.03 bits per heavy atom. The van der Waals surface area contributed by atoms with Crippen molar-refractivity contribution in [2.24, 2.45) is 5.11 Å². The Bertz CT molecular complexity index is 1350. The number of carbonyl (C=O) groups is 1. The average Bonchev–Trinajstić information content (AvgIpc) is 3.37. The van der Waals surface area contributed by atoms with E-state index in [0.29, 0.717) is 47.3 Å². The number of ether oxygens (including phenoxy) is 1. The van der Waals surface area contributed by atoms with Crippen LogP contribution in [0.3, 0.4) is 0 Å². The molecule has 1 fully saturated rings. The van der Waals surface area contributed by atoms with Crippen molar-refractivity contribution >= 4 is 23.3 Å². The van der Waals surface area contributed by atoms with Crippen LogP contribution in [0.4, 0.5) is 23.4 Å². The number of aromatic amines is 1. The third-order valence-corrected chi connectivity index (χ3v) is 6.25. The van der Waals surface area contributed by atoms with Crippen LogP contribution < -0.4 is 10.6 Å². The second kappa shape index (κ2) is 11.7. The van der Waals surface area contributed by atoms with E-state index in [9.17, 15) is 22.4 Å². The van der Waals surface area contributed by atoms with Gasteiger partial charge < -0.3 is 20.4 Å². The zero-order valence-corrected chi connectivity index (χ0v) is 20.5. The molecule has 1 aromatic carbocycles. The summed E-state index contributed by atoms with van der Waals surface area (Å²) in [6.07, 6.45) is -0.105. The van der Waals surface area contributed by atoms with Gasteiger partial charge in [-0.05, 0) is 54.3 Å². The number of rotatable bonds is 8. The van der Waals surface area contributed by atoms with Crippen molar-refractivity contribution in [1.29, 1.82) is 0 Å². The molecule has 1 aliphatic rings. The molecular weight excluding hydrogens is 530 g/mol. The number of anilines is 1. The van der Waals surface area contributed by atoms with Crippen molar-refractivity contribution in [2.75, 3.05) is 25.1 Å². The highest BCUT2D eigenvalue weighted by molar-refractivity contribution is 6.33. The number of carbonyl (C=O) groups excluding carboxylic acids is 1. The Kier molecular flexibility index (Phi) is 8.40. The monoisotopic (exact) mass is 551 g/mol. The lowest BCUT2D eigenvalue weighted by Crippen LogP contribution is -2.31. The van der Waals surface area contributed by atoms with E-state index in [1.54, 1.807) is 12.3 Å². The first-order chi connectivity index (χ1) is 18.1. The molecular formula is C24H22ClF4N7O2. The highest BCUT2D eigenvalue weighted by Crippen LogP contribution is 2.33. The van der Waals surface area contributed by atoms with Crippen molar-refractivity contribution in [3.63, 3.8) is 0 Å². The number of benzene rings is 1. The van der Waals surface area contributed by atoms with Crippen molar-refractivity contribution in [2.45, 2.75) is 31.1 Å². The van der Waals surface area contributed by atoms with Crippen LogP contribution >= 0.6 is 11.6 Å². The minimum absolute atomic E-state index is 0.0604. The Hall–Kier alpha value is -3.80. The molecule has 14 heteroatoms. The highest BCUT2D eigenvalue weighted by atomic mass is 35.5. The molecule has 1 amide bonds. The SMILES string of the molecule is [N-]=[N+]=NCC(NC(=O)c1cc(-c2cc(NC3CCOCC3)ncc2Cl)c[nH]1)c1cc(F)cc(C(F)(F)F)c1. The maximum Gasteiger partial charge on any atom is 0.416 e. The molecule has 0 spiro atoms. The van der Waals surface area contributed by atoms with Crippen LogP contribution in [-0.4, -0.2) is 41.7 Å². The Morgan fingerprint density at radius 1 is 1.26 bits per heavy atom. The summed E-state index contributed by atoms with van der Waals surface area (Å²) in [6, 6.07) is 4.12. The first-order valence-corrected chi connectivity index (χ1v) is 11.9. The van der Waals surface area contributed by atoms with E-state index < -0.39 is 36.1 Å². The topological polar surface area (TPSA) is 128 Å². The molecule has 1 unspecified atom stereocenters. The molecule has 0 saturated carbocycles. The van der Waals surface area contributed by atoms with Crippen molar-refractivity contribution in [3.8, 4) is 11.1 Å². The number of azide groups is 1. The summed E-state index contributed by atoms with van der Waals surface area (Å²) in [4.78, 5) is 22.7. The standard InChI is InChI=1S/C24H22ClF4N7O2/c25-19-11-32-22(34-17-1-3-38-4-2-17)9-18(19)14-7-20(31-10-14)23(37)35-21(12-33-36-30)13-5-15(24(27,28)29)8-16(26)6-13/h5-11,17,21,31H,1-4,12H2,(H,32,34)(H,35,37). The van der Waals surface area contributed by atoms with Gasteiger partial charge in [-0.25, -0.2) is 9.37 Å². The number of halogens is 5. The van der Waals surface area contributed by atoms with Crippen molar-refractivity contribution in [1.82, 2.24) is 15.3 Å². The number of nitrogens with one attached hydrogen (secondary N) is 3. The Labute approximate surface area is 219 Å². The molecule has 0 aliphatic carbocycles. The van der Waals surface area contributed by atoms with Gasteiger partial charge in [-0.2, -0.15) is 13.2 Å². The van der Waals surface area contributed by atoms with Crippen LogP contribution in [0.15, 0.2) is 47.8 Å². The third kappa shape index (κ3) is 6.74. The van der Waals surface area contributed by atoms with Gasteiger partial charge in [0.15, 0.2) is 0 Å². The van der Waals surface area contributed by atoms with Crippen molar-refractivity contribution in [3.05, 3.63) is 80.8 Å². The molecule has 1 atom stereocenters. The van der Waals surface area contributed by atoms with Gasteiger partial charge in [0, 0.05) is 47.7 Å². The van der Waals surface area contributed by atoms with Gasteiger partial charge in [0.1, 0.15) is 17.3 Å². The van der Waals surface area contributed by atoms with Gasteiger partial charge >= 0.3 is 6.18 Å². The highest BCUT2D eigenvalue weighted by Gasteiger charge is 2.32. The zero-order valence-electron chi connectivity index (χ0n) is 19.7. The van der Waals surface area contributed by atoms with Gasteiger partial charge in [0.05, 0.1) is 23.2 Å². The number of alkyl halides is 3. The zero-order chi connectivity index (χ0) is 27.3. The smallest absolute Gasteiger partial charge is 0.381 e. The quantitative estimate of drug-likeness (QED) is 0.132. The van der Waals surface area contributed by atoms with Gasteiger partial charge in [-0.15, -0.1) is 0 Å². The van der Waals surface area contributed by atoms with E-state index in [2.05, 4.69) is 30.6 Å². The largest absolute Gasteiger partial charge is 0.416 e. The molecule has 0 radical (unpaired) electrons. The van der Waals surface area contributed by atoms with E-state index in [4.69, 9.17) is 21.9 Å². The molecule has 38 heavy (non-hydrogen) atoms. The number of pyridine rings is 1. The fourth-order valence-electron chi connectivity index (χ4n) is 4.04. The summed E-state index contributed by atoms with van der Waals surface area (Å²) in [5.41, 5.74) is 8.48. The predicted molar refractivity (Wildman–Crippen MR) is 132 cm³/mol. The summed E-state index contributed by atoms with van der Waals surface area (Å²) >= 11 is 6.35. The van der Waals surface area contributed by atoms with Gasteiger partial charge in [-0.1, -0.05) is 16.7 Å². The second-order valence-electron chi connectivity index (χ2n) is 8.59. The van der Waals surface area contributed by atoms with Crippen molar-refractivity contribution < 1.29 is 27.1 Å². The summed E-state index contributed by atoms with van der Waals surface area (Å²) in [5.74, 6) is -1.25. The third-order valence-electron chi connectivity index (χ3n) is 5.95. The summed E-state index contributed by atoms with van der Waals surface area (Å²) in [7, 11) is 0. The van der Waals surface area contributed by atoms with E-state index in [0.717, 1.165) is 18.9 Å². The van der Waals surface area contributed by atoms with Crippen LogP contribution in [0.5, 0.6) is 0 Å². The van der Waals surface area contributed by atoms with Crippen LogP contribution in [0.25, 0.3) is 21.6 Å². The minimum Gasteiger partial charge on any atom is -0.381 e. The number of aromatic nitrogens is 2. The molecule has 0 bridgehead atoms. The molecule has 3 N–H and O–H groups in total. The lowest BCUT2D eigenvalue weighted by atomic mass is 10.0. The maximum absolute atomic E-state index is 14.0. The van der Waals surface area contributed by atoms with Crippen LogP contribution in [0.1, 0.15) is 40.5 Å². The molecule has 4 rings (SSSR count). The lowest BCUT2D eigenvalue weighted by molar-refractivity contribution is -0.137. The van der Waals surface area contributed by atoms with E-state index >= 15 is 0 Å². The minimum atomic E-state index is -4.81. The maximum atomic E-state index is 14.0. The Balaban J connectivity index is 1.55.